The lowest BCUT2D eigenvalue weighted by Gasteiger charge is -2.26. The normalized spacial score (nSPS) is 15.1. The molecular weight excluding hydrogens is 435 g/mol. The quantitative estimate of drug-likeness (QED) is 0.558. The number of aromatic nitrogens is 1. The van der Waals surface area contributed by atoms with E-state index in [2.05, 4.69) is 21.1 Å². The molecule has 1 fully saturated rings. The first-order valence-electron chi connectivity index (χ1n) is 11.4. The molecule has 2 aromatic rings. The molecule has 182 valence electrons. The van der Waals surface area contributed by atoms with E-state index < -0.39 is 12.3 Å². The fraction of sp³-hybridized carbons (Fsp3) is 0.542. The van der Waals surface area contributed by atoms with Gasteiger partial charge in [0.2, 0.25) is 0 Å². The van der Waals surface area contributed by atoms with Crippen LogP contribution in [0.25, 0.3) is 11.1 Å². The number of hydrogen-bond acceptors (Lipinski definition) is 4. The molecule has 2 N–H and O–H groups in total. The Bertz CT molecular complexity index is 950. The highest BCUT2D eigenvalue weighted by Gasteiger charge is 2.31. The Morgan fingerprint density at radius 1 is 1.18 bits per heavy atom. The van der Waals surface area contributed by atoms with E-state index in [4.69, 9.17) is 10.5 Å². The Hall–Kier alpha value is -2.52. The van der Waals surface area contributed by atoms with E-state index in [0.717, 1.165) is 63.5 Å². The second-order valence-corrected chi connectivity index (χ2v) is 8.28. The third-order valence-electron chi connectivity index (χ3n) is 5.96. The lowest BCUT2D eigenvalue weighted by molar-refractivity contribution is -0.274. The van der Waals surface area contributed by atoms with Crippen LogP contribution < -0.4 is 10.5 Å². The van der Waals surface area contributed by atoms with E-state index in [0.29, 0.717) is 29.7 Å². The highest BCUT2D eigenvalue weighted by molar-refractivity contribution is 6.02. The smallest absolute Gasteiger partial charge is 0.406 e. The van der Waals surface area contributed by atoms with Crippen LogP contribution in [0.15, 0.2) is 24.3 Å². The summed E-state index contributed by atoms with van der Waals surface area (Å²) in [7, 11) is 0. The maximum atomic E-state index is 12.8. The van der Waals surface area contributed by atoms with Gasteiger partial charge in [-0.05, 0) is 43.9 Å². The first kappa shape index (κ1) is 25.1. The molecule has 0 atom stereocenters. The second-order valence-electron chi connectivity index (χ2n) is 8.28. The summed E-state index contributed by atoms with van der Waals surface area (Å²) in [6.45, 7) is 8.79. The van der Waals surface area contributed by atoms with Gasteiger partial charge in [-0.3, -0.25) is 9.69 Å². The number of rotatable bonds is 10. The van der Waals surface area contributed by atoms with E-state index >= 15 is 0 Å². The Balaban J connectivity index is 1.98. The molecule has 0 radical (unpaired) electrons. The van der Waals surface area contributed by atoms with E-state index in [1.54, 1.807) is 6.07 Å². The van der Waals surface area contributed by atoms with Gasteiger partial charge < -0.3 is 19.8 Å². The summed E-state index contributed by atoms with van der Waals surface area (Å²) in [4.78, 5) is 14.8. The van der Waals surface area contributed by atoms with Gasteiger partial charge in [-0.15, -0.1) is 13.2 Å². The molecule has 0 unspecified atom stereocenters. The molecule has 1 amide bonds. The molecule has 33 heavy (non-hydrogen) atoms. The van der Waals surface area contributed by atoms with Gasteiger partial charge in [0.15, 0.2) is 0 Å². The number of amides is 1. The van der Waals surface area contributed by atoms with Crippen LogP contribution in [0.5, 0.6) is 5.75 Å². The lowest BCUT2D eigenvalue weighted by Crippen LogP contribution is -2.37. The minimum Gasteiger partial charge on any atom is -0.406 e. The summed E-state index contributed by atoms with van der Waals surface area (Å²) < 4.78 is 50.0. The predicted octanol–water partition coefficient (Wildman–Crippen LogP) is 4.53. The molecular formula is C24H32F3N3O3. The van der Waals surface area contributed by atoms with Crippen LogP contribution in [0.3, 0.4) is 0 Å². The zero-order valence-electron chi connectivity index (χ0n) is 19.2. The number of nitrogens with two attached hydrogens (primary N) is 1. The molecule has 1 aromatic heterocycles. The highest BCUT2D eigenvalue weighted by atomic mass is 19.4. The predicted molar refractivity (Wildman–Crippen MR) is 120 cm³/mol. The summed E-state index contributed by atoms with van der Waals surface area (Å²) in [5.41, 5.74) is 8.89. The Kier molecular flexibility index (Phi) is 8.42. The first-order chi connectivity index (χ1) is 15.7. The molecule has 0 aliphatic carbocycles. The second kappa shape index (κ2) is 11.1. The molecule has 0 bridgehead atoms. The van der Waals surface area contributed by atoms with E-state index in [9.17, 15) is 18.0 Å². The number of ether oxygens (including phenoxy) is 2. The molecule has 2 heterocycles. The van der Waals surface area contributed by atoms with Crippen LogP contribution in [0.2, 0.25) is 0 Å². The topological polar surface area (TPSA) is 69.7 Å². The molecule has 9 heteroatoms. The van der Waals surface area contributed by atoms with Gasteiger partial charge >= 0.3 is 6.36 Å². The van der Waals surface area contributed by atoms with Crippen molar-refractivity contribution >= 4 is 5.91 Å². The monoisotopic (exact) mass is 467 g/mol. The van der Waals surface area contributed by atoms with Crippen molar-refractivity contribution in [3.05, 3.63) is 41.2 Å². The van der Waals surface area contributed by atoms with Crippen molar-refractivity contribution in [1.82, 2.24) is 9.47 Å². The van der Waals surface area contributed by atoms with Gasteiger partial charge in [-0.2, -0.15) is 0 Å². The van der Waals surface area contributed by atoms with Crippen molar-refractivity contribution in [2.24, 2.45) is 5.73 Å². The lowest BCUT2D eigenvalue weighted by atomic mass is 9.97. The highest BCUT2D eigenvalue weighted by Crippen LogP contribution is 2.36. The number of benzene rings is 1. The van der Waals surface area contributed by atoms with Gasteiger partial charge in [-0.1, -0.05) is 25.5 Å². The third-order valence-corrected chi connectivity index (χ3v) is 5.96. The standard InChI is InChI=1S/C24H32F3N3O3/c1-3-4-9-20-22(18-7-5-8-19(16-18)33-24(25,26)27)21(23(28)31)17(2)30(20)11-6-10-29-12-14-32-15-13-29/h5,7-8,16H,3-4,6,9-15H2,1-2H3,(H2,28,31). The van der Waals surface area contributed by atoms with Crippen molar-refractivity contribution in [3.8, 4) is 16.9 Å². The van der Waals surface area contributed by atoms with Crippen molar-refractivity contribution < 1.29 is 27.4 Å². The largest absolute Gasteiger partial charge is 0.573 e. The summed E-state index contributed by atoms with van der Waals surface area (Å²) in [5.74, 6) is -0.913. The number of hydrogen-bond donors (Lipinski definition) is 1. The molecule has 1 aliphatic rings. The van der Waals surface area contributed by atoms with Gasteiger partial charge in [0.1, 0.15) is 5.75 Å². The SMILES string of the molecule is CCCCc1c(-c2cccc(OC(F)(F)F)c2)c(C(N)=O)c(C)n1CCCN1CCOCC1. The maximum Gasteiger partial charge on any atom is 0.573 e. The van der Waals surface area contributed by atoms with Crippen LogP contribution in [0.1, 0.15) is 47.9 Å². The van der Waals surface area contributed by atoms with Crippen molar-refractivity contribution in [1.29, 1.82) is 0 Å². The number of carbonyl (C=O) groups is 1. The van der Waals surface area contributed by atoms with Crippen LogP contribution in [-0.4, -0.2) is 54.6 Å². The number of nitrogens with zero attached hydrogens (tertiary/aromatic N) is 2. The van der Waals surface area contributed by atoms with Gasteiger partial charge in [0, 0.05) is 43.1 Å². The van der Waals surface area contributed by atoms with E-state index in [1.165, 1.54) is 18.2 Å². The van der Waals surface area contributed by atoms with E-state index in [1.807, 2.05) is 6.92 Å². The number of alkyl halides is 3. The summed E-state index contributed by atoms with van der Waals surface area (Å²) >= 11 is 0. The van der Waals surface area contributed by atoms with E-state index in [-0.39, 0.29) is 5.75 Å². The summed E-state index contributed by atoms with van der Waals surface area (Å²) in [6, 6.07) is 5.76. The Morgan fingerprint density at radius 3 is 2.55 bits per heavy atom. The Labute approximate surface area is 192 Å². The minimum atomic E-state index is -4.79. The number of primary amides is 1. The number of unbranched alkanes of at least 4 members (excludes halogenated alkanes) is 1. The fourth-order valence-corrected chi connectivity index (χ4v) is 4.44. The molecule has 1 saturated heterocycles. The summed E-state index contributed by atoms with van der Waals surface area (Å²) in [6.07, 6.45) is -1.39. The van der Waals surface area contributed by atoms with Gasteiger partial charge in [-0.25, -0.2) is 0 Å². The average Bonchev–Trinajstić information content (AvgIpc) is 3.03. The molecule has 3 rings (SSSR count). The average molecular weight is 468 g/mol. The fourth-order valence-electron chi connectivity index (χ4n) is 4.44. The van der Waals surface area contributed by atoms with Crippen molar-refractivity contribution in [2.45, 2.75) is 52.4 Å². The summed E-state index contributed by atoms with van der Waals surface area (Å²) in [5, 5.41) is 0. The molecule has 1 aromatic carbocycles. The molecule has 0 saturated carbocycles. The third kappa shape index (κ3) is 6.51. The van der Waals surface area contributed by atoms with Crippen molar-refractivity contribution in [2.75, 3.05) is 32.8 Å². The molecule has 6 nitrogen and oxygen atoms in total. The molecule has 0 spiro atoms. The Morgan fingerprint density at radius 2 is 1.91 bits per heavy atom. The van der Waals surface area contributed by atoms with Gasteiger partial charge in [0.25, 0.3) is 5.91 Å². The van der Waals surface area contributed by atoms with Crippen LogP contribution in [0.4, 0.5) is 13.2 Å². The zero-order valence-corrected chi connectivity index (χ0v) is 19.2. The van der Waals surface area contributed by atoms with Crippen molar-refractivity contribution in [3.63, 3.8) is 0 Å². The number of halogens is 3. The zero-order chi connectivity index (χ0) is 24.0. The first-order valence-corrected chi connectivity index (χ1v) is 11.4. The molecule has 1 aliphatic heterocycles. The van der Waals surface area contributed by atoms with Crippen LogP contribution in [0, 0.1) is 6.92 Å². The van der Waals surface area contributed by atoms with Crippen LogP contribution >= 0.6 is 0 Å². The minimum absolute atomic E-state index is 0.324. The maximum absolute atomic E-state index is 12.8. The van der Waals surface area contributed by atoms with Crippen LogP contribution in [-0.2, 0) is 17.7 Å². The van der Waals surface area contributed by atoms with Gasteiger partial charge in [0.05, 0.1) is 18.8 Å². The number of morpholine rings is 1. The number of carbonyl (C=O) groups excluding carboxylic acids is 1.